The van der Waals surface area contributed by atoms with E-state index in [1.165, 1.54) is 0 Å². The molecule has 14 heavy (non-hydrogen) atoms. The number of nitrogens with one attached hydrogen (secondary N) is 1. The van der Waals surface area contributed by atoms with Crippen molar-refractivity contribution in [3.63, 3.8) is 0 Å². The topological polar surface area (TPSA) is 46.2 Å². The maximum atomic E-state index is 11.4. The zero-order chi connectivity index (χ0) is 10.5. The van der Waals surface area contributed by atoms with E-state index in [9.17, 15) is 9.59 Å². The standard InChI is InChI=1S/C9H5BrClNO2/c1-3-5(11)2-4(10)7-6(3)8(13)9(14)12-7/h2H,1H3,(H,12,13,14). The Bertz CT molecular complexity index is 470. The molecule has 0 spiro atoms. The summed E-state index contributed by atoms with van der Waals surface area (Å²) >= 11 is 9.13. The molecule has 1 aliphatic rings. The van der Waals surface area contributed by atoms with E-state index in [0.717, 1.165) is 0 Å². The van der Waals surface area contributed by atoms with E-state index in [1.54, 1.807) is 13.0 Å². The molecule has 1 heterocycles. The number of benzene rings is 1. The van der Waals surface area contributed by atoms with E-state index in [0.29, 0.717) is 26.3 Å². The van der Waals surface area contributed by atoms with Crippen LogP contribution in [-0.2, 0) is 4.79 Å². The number of carbonyl (C=O) groups is 2. The summed E-state index contributed by atoms with van der Waals surface area (Å²) in [4.78, 5) is 22.6. The summed E-state index contributed by atoms with van der Waals surface area (Å²) in [5.41, 5.74) is 1.52. The minimum Gasteiger partial charge on any atom is -0.317 e. The van der Waals surface area contributed by atoms with Crippen LogP contribution >= 0.6 is 27.5 Å². The van der Waals surface area contributed by atoms with Gasteiger partial charge in [0, 0.05) is 9.50 Å². The second-order valence-corrected chi connectivity index (χ2v) is 4.26. The van der Waals surface area contributed by atoms with Crippen LogP contribution in [-0.4, -0.2) is 11.7 Å². The number of hydrogen-bond donors (Lipinski definition) is 1. The van der Waals surface area contributed by atoms with Gasteiger partial charge < -0.3 is 5.32 Å². The Morgan fingerprint density at radius 3 is 2.71 bits per heavy atom. The van der Waals surface area contributed by atoms with Gasteiger partial charge in [-0.15, -0.1) is 0 Å². The Kier molecular flexibility index (Phi) is 2.12. The van der Waals surface area contributed by atoms with E-state index >= 15 is 0 Å². The molecule has 0 aliphatic carbocycles. The highest BCUT2D eigenvalue weighted by atomic mass is 79.9. The molecule has 0 radical (unpaired) electrons. The van der Waals surface area contributed by atoms with Crippen molar-refractivity contribution in [3.05, 3.63) is 26.7 Å². The minimum absolute atomic E-state index is 0.370. The van der Waals surface area contributed by atoms with Crippen molar-refractivity contribution in [2.24, 2.45) is 0 Å². The van der Waals surface area contributed by atoms with Crippen LogP contribution in [0.5, 0.6) is 0 Å². The Morgan fingerprint density at radius 2 is 2.07 bits per heavy atom. The van der Waals surface area contributed by atoms with Gasteiger partial charge in [0.15, 0.2) is 0 Å². The number of halogens is 2. The average Bonchev–Trinajstić information content (AvgIpc) is 2.41. The molecule has 2 rings (SSSR count). The molecule has 0 fully saturated rings. The van der Waals surface area contributed by atoms with Gasteiger partial charge in [-0.05, 0) is 34.5 Å². The second-order valence-electron chi connectivity index (χ2n) is 3.00. The van der Waals surface area contributed by atoms with Crippen LogP contribution in [0.25, 0.3) is 0 Å². The maximum Gasteiger partial charge on any atom is 0.296 e. The molecule has 0 bridgehead atoms. The van der Waals surface area contributed by atoms with Crippen LogP contribution in [0, 0.1) is 6.92 Å². The average molecular weight is 275 g/mol. The molecule has 1 amide bonds. The van der Waals surface area contributed by atoms with Crippen LogP contribution in [0.1, 0.15) is 15.9 Å². The predicted molar refractivity (Wildman–Crippen MR) is 56.8 cm³/mol. The summed E-state index contributed by atoms with van der Waals surface area (Å²) in [6.45, 7) is 1.71. The number of ketones is 1. The summed E-state index contributed by atoms with van der Waals surface area (Å²) < 4.78 is 0.627. The number of Topliss-reactive ketones (excluding diaryl/α,β-unsaturated/α-hetero) is 1. The van der Waals surface area contributed by atoms with Gasteiger partial charge in [-0.1, -0.05) is 11.6 Å². The first-order valence-corrected chi connectivity index (χ1v) is 5.03. The largest absolute Gasteiger partial charge is 0.317 e. The maximum absolute atomic E-state index is 11.4. The highest BCUT2D eigenvalue weighted by Gasteiger charge is 2.32. The van der Waals surface area contributed by atoms with Crippen molar-refractivity contribution in [3.8, 4) is 0 Å². The van der Waals surface area contributed by atoms with Crippen molar-refractivity contribution in [2.45, 2.75) is 6.92 Å². The summed E-state index contributed by atoms with van der Waals surface area (Å²) in [5.74, 6) is -1.13. The fourth-order valence-corrected chi connectivity index (χ4v) is 2.27. The first-order chi connectivity index (χ1) is 6.52. The Morgan fingerprint density at radius 1 is 1.43 bits per heavy atom. The first kappa shape index (κ1) is 9.68. The molecule has 0 saturated carbocycles. The summed E-state index contributed by atoms with van der Waals surface area (Å²) in [6.07, 6.45) is 0. The van der Waals surface area contributed by atoms with Gasteiger partial charge in [-0.3, -0.25) is 9.59 Å². The molecule has 1 aliphatic heterocycles. The lowest BCUT2D eigenvalue weighted by atomic mass is 10.1. The van der Waals surface area contributed by atoms with Crippen LogP contribution in [0.2, 0.25) is 5.02 Å². The van der Waals surface area contributed by atoms with Crippen LogP contribution < -0.4 is 5.32 Å². The van der Waals surface area contributed by atoms with Gasteiger partial charge in [0.2, 0.25) is 0 Å². The van der Waals surface area contributed by atoms with E-state index < -0.39 is 11.7 Å². The zero-order valence-corrected chi connectivity index (χ0v) is 9.49. The van der Waals surface area contributed by atoms with Crippen molar-refractivity contribution in [2.75, 3.05) is 5.32 Å². The Balaban J connectivity index is 2.80. The summed E-state index contributed by atoms with van der Waals surface area (Å²) in [5, 5.41) is 2.96. The normalized spacial score (nSPS) is 14.2. The first-order valence-electron chi connectivity index (χ1n) is 3.86. The zero-order valence-electron chi connectivity index (χ0n) is 7.15. The van der Waals surface area contributed by atoms with Crippen LogP contribution in [0.15, 0.2) is 10.5 Å². The van der Waals surface area contributed by atoms with Gasteiger partial charge >= 0.3 is 0 Å². The highest BCUT2D eigenvalue weighted by molar-refractivity contribution is 9.10. The molecule has 3 nitrogen and oxygen atoms in total. The smallest absolute Gasteiger partial charge is 0.296 e. The van der Waals surface area contributed by atoms with Gasteiger partial charge in [0.1, 0.15) is 0 Å². The number of hydrogen-bond acceptors (Lipinski definition) is 2. The third-order valence-corrected chi connectivity index (χ3v) is 3.17. The SMILES string of the molecule is Cc1c(Cl)cc(Br)c2c1C(=O)C(=O)N2. The van der Waals surface area contributed by atoms with E-state index in [1.807, 2.05) is 0 Å². The third-order valence-electron chi connectivity index (χ3n) is 2.15. The van der Waals surface area contributed by atoms with Crippen molar-refractivity contribution < 1.29 is 9.59 Å². The van der Waals surface area contributed by atoms with E-state index in [-0.39, 0.29) is 0 Å². The highest BCUT2D eigenvalue weighted by Crippen LogP contribution is 2.37. The summed E-state index contributed by atoms with van der Waals surface area (Å²) in [6, 6.07) is 1.66. The number of anilines is 1. The molecular weight excluding hydrogens is 269 g/mol. The lowest BCUT2D eigenvalue weighted by Gasteiger charge is -2.05. The van der Waals surface area contributed by atoms with Crippen molar-refractivity contribution in [1.82, 2.24) is 0 Å². The van der Waals surface area contributed by atoms with Gasteiger partial charge in [0.05, 0.1) is 11.3 Å². The predicted octanol–water partition coefficient (Wildman–Crippen LogP) is 2.55. The molecular formula is C9H5BrClNO2. The minimum atomic E-state index is -0.605. The number of amides is 1. The second kappa shape index (κ2) is 3.07. The van der Waals surface area contributed by atoms with Crippen LogP contribution in [0.3, 0.4) is 0 Å². The quantitative estimate of drug-likeness (QED) is 0.739. The molecule has 5 heteroatoms. The lowest BCUT2D eigenvalue weighted by Crippen LogP contribution is -2.12. The lowest BCUT2D eigenvalue weighted by molar-refractivity contribution is -0.112. The van der Waals surface area contributed by atoms with Gasteiger partial charge in [0.25, 0.3) is 11.7 Å². The molecule has 0 unspecified atom stereocenters. The van der Waals surface area contributed by atoms with Crippen LogP contribution in [0.4, 0.5) is 5.69 Å². The fraction of sp³-hybridized carbons (Fsp3) is 0.111. The van der Waals surface area contributed by atoms with Crippen molar-refractivity contribution in [1.29, 1.82) is 0 Å². The molecule has 1 aromatic rings. The molecule has 1 aromatic carbocycles. The number of rotatable bonds is 0. The summed E-state index contributed by atoms with van der Waals surface area (Å²) in [7, 11) is 0. The van der Waals surface area contributed by atoms with E-state index in [2.05, 4.69) is 21.2 Å². The third kappa shape index (κ3) is 1.18. The number of carbonyl (C=O) groups excluding carboxylic acids is 2. The monoisotopic (exact) mass is 273 g/mol. The van der Waals surface area contributed by atoms with Gasteiger partial charge in [-0.2, -0.15) is 0 Å². The number of fused-ring (bicyclic) bond motifs is 1. The van der Waals surface area contributed by atoms with E-state index in [4.69, 9.17) is 11.6 Å². The molecule has 1 N–H and O–H groups in total. The molecule has 0 saturated heterocycles. The van der Waals surface area contributed by atoms with Crippen molar-refractivity contribution >= 4 is 44.9 Å². The Labute approximate surface area is 93.6 Å². The Hall–Kier alpha value is -0.870. The molecule has 0 aromatic heterocycles. The molecule has 0 atom stereocenters. The molecule has 72 valence electrons. The van der Waals surface area contributed by atoms with Gasteiger partial charge in [-0.25, -0.2) is 0 Å². The fourth-order valence-electron chi connectivity index (χ4n) is 1.41.